The largest absolute Gasteiger partial charge is 0.394 e. The fourth-order valence-corrected chi connectivity index (χ4v) is 6.05. The number of amides is 1. The summed E-state index contributed by atoms with van der Waals surface area (Å²) in [5.41, 5.74) is 0. The highest BCUT2D eigenvalue weighted by Gasteiger charge is 2.19. The quantitative estimate of drug-likeness (QED) is 0.0475. The van der Waals surface area contributed by atoms with E-state index in [2.05, 4.69) is 43.5 Å². The summed E-state index contributed by atoms with van der Waals surface area (Å²) in [5, 5.41) is 23.1. The molecule has 0 fully saturated rings. The Hall–Kier alpha value is -1.13. The van der Waals surface area contributed by atoms with Gasteiger partial charge in [-0.1, -0.05) is 167 Å². The summed E-state index contributed by atoms with van der Waals surface area (Å²) in [4.78, 5) is 12.4. The van der Waals surface area contributed by atoms with Gasteiger partial charge < -0.3 is 15.5 Å². The number of nitrogens with one attached hydrogen (secondary N) is 1. The number of aliphatic hydroxyl groups is 2. The second-order valence-electron chi connectivity index (χ2n) is 13.7. The topological polar surface area (TPSA) is 69.6 Å². The maximum absolute atomic E-state index is 12.4. The van der Waals surface area contributed by atoms with Crippen molar-refractivity contribution in [3.63, 3.8) is 0 Å². The monoisotopic (exact) mass is 634 g/mol. The van der Waals surface area contributed by atoms with Crippen LogP contribution in [0.2, 0.25) is 0 Å². The molecular weight excluding hydrogens is 554 g/mol. The van der Waals surface area contributed by atoms with E-state index in [1.807, 2.05) is 0 Å². The second-order valence-corrected chi connectivity index (χ2v) is 13.7. The lowest BCUT2D eigenvalue weighted by Crippen LogP contribution is -2.45. The van der Waals surface area contributed by atoms with Crippen LogP contribution >= 0.6 is 0 Å². The molecule has 266 valence electrons. The summed E-state index contributed by atoms with van der Waals surface area (Å²) in [7, 11) is 0. The van der Waals surface area contributed by atoms with Crippen LogP contribution < -0.4 is 5.32 Å². The number of carbonyl (C=O) groups excluding carboxylic acids is 1. The molecule has 0 heterocycles. The number of unbranched alkanes of at least 4 members (excludes halogenated alkanes) is 25. The zero-order valence-corrected chi connectivity index (χ0v) is 30.4. The van der Waals surface area contributed by atoms with Crippen LogP contribution in [0.5, 0.6) is 0 Å². The zero-order chi connectivity index (χ0) is 32.9. The van der Waals surface area contributed by atoms with Crippen LogP contribution in [0, 0.1) is 0 Å². The highest BCUT2D eigenvalue weighted by atomic mass is 16.3. The molecule has 1 amide bonds. The van der Waals surface area contributed by atoms with E-state index in [4.69, 9.17) is 0 Å². The fourth-order valence-electron chi connectivity index (χ4n) is 6.05. The molecule has 3 N–H and O–H groups in total. The first-order chi connectivity index (χ1) is 22.2. The predicted molar refractivity (Wildman–Crippen MR) is 198 cm³/mol. The highest BCUT2D eigenvalue weighted by Crippen LogP contribution is 2.14. The lowest BCUT2D eigenvalue weighted by Gasteiger charge is -2.22. The van der Waals surface area contributed by atoms with Crippen molar-refractivity contribution in [2.24, 2.45) is 0 Å². The Morgan fingerprint density at radius 2 is 0.844 bits per heavy atom. The van der Waals surface area contributed by atoms with Gasteiger partial charge >= 0.3 is 0 Å². The van der Waals surface area contributed by atoms with Crippen LogP contribution in [-0.4, -0.2) is 34.9 Å². The molecule has 0 aromatic carbocycles. The van der Waals surface area contributed by atoms with Gasteiger partial charge in [0.05, 0.1) is 18.8 Å². The molecule has 0 saturated heterocycles. The Morgan fingerprint density at radius 1 is 0.511 bits per heavy atom. The second kappa shape index (κ2) is 37.3. The number of hydrogen-bond donors (Lipinski definition) is 3. The lowest BCUT2D eigenvalue weighted by atomic mass is 10.0. The van der Waals surface area contributed by atoms with Gasteiger partial charge in [-0.15, -0.1) is 0 Å². The summed E-state index contributed by atoms with van der Waals surface area (Å²) in [6.07, 6.45) is 46.7. The van der Waals surface area contributed by atoms with Crippen LogP contribution in [0.4, 0.5) is 0 Å². The third-order valence-electron chi connectivity index (χ3n) is 9.18. The van der Waals surface area contributed by atoms with Gasteiger partial charge in [0.15, 0.2) is 0 Å². The van der Waals surface area contributed by atoms with E-state index in [1.54, 1.807) is 0 Å². The molecule has 4 heteroatoms. The Labute approximate surface area is 281 Å². The van der Waals surface area contributed by atoms with E-state index in [0.717, 1.165) is 32.1 Å². The number of carbonyl (C=O) groups is 1. The van der Waals surface area contributed by atoms with Gasteiger partial charge in [0.25, 0.3) is 0 Å². The van der Waals surface area contributed by atoms with Gasteiger partial charge in [-0.25, -0.2) is 0 Å². The van der Waals surface area contributed by atoms with Crippen molar-refractivity contribution in [2.45, 2.75) is 225 Å². The molecule has 4 nitrogen and oxygen atoms in total. The van der Waals surface area contributed by atoms with Gasteiger partial charge in [-0.05, 0) is 64.2 Å². The highest BCUT2D eigenvalue weighted by molar-refractivity contribution is 5.76. The number of aliphatic hydroxyl groups excluding tert-OH is 2. The minimum atomic E-state index is -0.679. The third-order valence-corrected chi connectivity index (χ3v) is 9.18. The van der Waals surface area contributed by atoms with Crippen molar-refractivity contribution in [1.29, 1.82) is 0 Å². The van der Waals surface area contributed by atoms with E-state index in [0.29, 0.717) is 12.8 Å². The standard InChI is InChI=1S/C41H79NO3/c1-3-5-7-9-11-13-15-17-19-20-21-22-23-25-27-29-31-33-35-37-41(45)42-39(38-43)40(44)36-34-32-30-28-26-24-18-16-14-12-10-8-6-4-2/h17,19,26,28,39-40,43-44H,3-16,18,20-25,27,29-38H2,1-2H3,(H,42,45)/b19-17+,28-26+/t39-,40+/m0/s1. The van der Waals surface area contributed by atoms with Crippen LogP contribution in [0.1, 0.15) is 213 Å². The van der Waals surface area contributed by atoms with Crippen molar-refractivity contribution in [1.82, 2.24) is 5.32 Å². The van der Waals surface area contributed by atoms with Crippen molar-refractivity contribution >= 4 is 5.91 Å². The number of hydrogen-bond acceptors (Lipinski definition) is 3. The molecule has 0 rings (SSSR count). The van der Waals surface area contributed by atoms with Crippen LogP contribution in [0.25, 0.3) is 0 Å². The zero-order valence-electron chi connectivity index (χ0n) is 30.4. The molecule has 45 heavy (non-hydrogen) atoms. The Bertz CT molecular complexity index is 647. The van der Waals surface area contributed by atoms with E-state index in [-0.39, 0.29) is 12.5 Å². The molecule has 0 aliphatic heterocycles. The Kier molecular flexibility index (Phi) is 36.4. The van der Waals surface area contributed by atoms with Crippen molar-refractivity contribution < 1.29 is 15.0 Å². The molecular formula is C41H79NO3. The van der Waals surface area contributed by atoms with Gasteiger partial charge in [-0.2, -0.15) is 0 Å². The molecule has 0 aliphatic carbocycles. The van der Waals surface area contributed by atoms with E-state index < -0.39 is 12.1 Å². The normalized spacial score (nSPS) is 13.2. The molecule has 0 aromatic rings. The smallest absolute Gasteiger partial charge is 0.220 e. The first kappa shape index (κ1) is 43.9. The summed E-state index contributed by atoms with van der Waals surface area (Å²) >= 11 is 0. The average Bonchev–Trinajstić information content (AvgIpc) is 3.04. The minimum Gasteiger partial charge on any atom is -0.394 e. The Morgan fingerprint density at radius 3 is 1.22 bits per heavy atom. The molecule has 0 spiro atoms. The SMILES string of the molecule is CCCCCCCC/C=C/CCCCCCCCCCCC(=O)N[C@@H](CO)[C@H](O)CCCC/C=C/CCCCCCCCCC. The minimum absolute atomic E-state index is 0.0435. The van der Waals surface area contributed by atoms with E-state index >= 15 is 0 Å². The van der Waals surface area contributed by atoms with Crippen molar-refractivity contribution in [2.75, 3.05) is 6.61 Å². The summed E-state index contributed by atoms with van der Waals surface area (Å²) in [5.74, 6) is -0.0435. The van der Waals surface area contributed by atoms with Crippen LogP contribution in [-0.2, 0) is 4.79 Å². The molecule has 0 bridgehead atoms. The maximum atomic E-state index is 12.4. The first-order valence-corrected chi connectivity index (χ1v) is 20.0. The van der Waals surface area contributed by atoms with E-state index in [9.17, 15) is 15.0 Å². The first-order valence-electron chi connectivity index (χ1n) is 20.0. The van der Waals surface area contributed by atoms with Crippen LogP contribution in [0.15, 0.2) is 24.3 Å². The maximum Gasteiger partial charge on any atom is 0.220 e. The van der Waals surface area contributed by atoms with Gasteiger partial charge in [0, 0.05) is 6.42 Å². The Balaban J connectivity index is 3.56. The predicted octanol–water partition coefficient (Wildman–Crippen LogP) is 12.1. The van der Waals surface area contributed by atoms with Crippen molar-refractivity contribution in [3.8, 4) is 0 Å². The van der Waals surface area contributed by atoms with Gasteiger partial charge in [0.1, 0.15) is 0 Å². The molecule has 0 unspecified atom stereocenters. The van der Waals surface area contributed by atoms with Gasteiger partial charge in [-0.3, -0.25) is 4.79 Å². The molecule has 0 saturated carbocycles. The molecule has 0 aliphatic rings. The van der Waals surface area contributed by atoms with E-state index in [1.165, 1.54) is 154 Å². The lowest BCUT2D eigenvalue weighted by molar-refractivity contribution is -0.123. The van der Waals surface area contributed by atoms with Crippen LogP contribution in [0.3, 0.4) is 0 Å². The average molecular weight is 634 g/mol. The molecule has 0 aromatic heterocycles. The fraction of sp³-hybridized carbons (Fsp3) is 0.878. The number of allylic oxidation sites excluding steroid dienone is 4. The summed E-state index contributed by atoms with van der Waals surface area (Å²) in [6.45, 7) is 4.34. The van der Waals surface area contributed by atoms with Gasteiger partial charge in [0.2, 0.25) is 5.91 Å². The molecule has 2 atom stereocenters. The number of rotatable bonds is 36. The summed E-state index contributed by atoms with van der Waals surface area (Å²) in [6, 6.07) is -0.550. The van der Waals surface area contributed by atoms with Crippen molar-refractivity contribution in [3.05, 3.63) is 24.3 Å². The third kappa shape index (κ3) is 34.0. The summed E-state index contributed by atoms with van der Waals surface area (Å²) < 4.78 is 0. The molecule has 0 radical (unpaired) electrons.